The van der Waals surface area contributed by atoms with Gasteiger partial charge in [0, 0.05) is 6.20 Å². The van der Waals surface area contributed by atoms with Gasteiger partial charge < -0.3 is 9.84 Å². The van der Waals surface area contributed by atoms with Crippen LogP contribution >= 0.6 is 0 Å². The van der Waals surface area contributed by atoms with Crippen LogP contribution in [-0.4, -0.2) is 27.2 Å². The molecule has 0 aliphatic heterocycles. The van der Waals surface area contributed by atoms with Crippen LogP contribution in [0.15, 0.2) is 47.4 Å². The zero-order chi connectivity index (χ0) is 18.0. The highest BCUT2D eigenvalue weighted by Gasteiger charge is 2.23. The summed E-state index contributed by atoms with van der Waals surface area (Å²) in [7, 11) is 0. The summed E-state index contributed by atoms with van der Waals surface area (Å²) in [6, 6.07) is 8.77. The summed E-state index contributed by atoms with van der Waals surface area (Å²) in [5.41, 5.74) is -0.283. The van der Waals surface area contributed by atoms with Gasteiger partial charge in [-0.15, -0.1) is 0 Å². The van der Waals surface area contributed by atoms with Crippen LogP contribution < -0.4 is 5.56 Å². The Labute approximate surface area is 142 Å². The summed E-state index contributed by atoms with van der Waals surface area (Å²) < 4.78 is 19.2. The first-order chi connectivity index (χ1) is 12.0. The highest BCUT2D eigenvalue weighted by molar-refractivity contribution is 5.98. The van der Waals surface area contributed by atoms with Crippen molar-refractivity contribution in [2.75, 3.05) is 6.61 Å². The maximum atomic E-state index is 13.1. The second-order valence-electron chi connectivity index (χ2n) is 5.34. The third kappa shape index (κ3) is 3.08. The fourth-order valence-electron chi connectivity index (χ4n) is 2.57. The SMILES string of the molecule is CCOC(=O)c1c(O)c2cccnc2n(Cc2ccc(F)cc2)c1=O. The van der Waals surface area contributed by atoms with Crippen LogP contribution in [0.1, 0.15) is 22.8 Å². The molecule has 0 radical (unpaired) electrons. The third-order valence-electron chi connectivity index (χ3n) is 3.73. The minimum atomic E-state index is -0.899. The number of aromatic nitrogens is 2. The number of rotatable bonds is 4. The Morgan fingerprint density at radius 1 is 1.28 bits per heavy atom. The Morgan fingerprint density at radius 2 is 2.00 bits per heavy atom. The Kier molecular flexibility index (Phi) is 4.47. The van der Waals surface area contributed by atoms with Crippen molar-refractivity contribution in [3.8, 4) is 5.75 Å². The van der Waals surface area contributed by atoms with E-state index in [1.54, 1.807) is 19.1 Å². The van der Waals surface area contributed by atoms with Crippen LogP contribution in [0.3, 0.4) is 0 Å². The van der Waals surface area contributed by atoms with Gasteiger partial charge in [0.2, 0.25) is 0 Å². The van der Waals surface area contributed by atoms with E-state index in [9.17, 15) is 19.1 Å². The van der Waals surface area contributed by atoms with Crippen molar-refractivity contribution in [3.05, 3.63) is 69.9 Å². The van der Waals surface area contributed by atoms with E-state index in [-0.39, 0.29) is 24.2 Å². The van der Waals surface area contributed by atoms with Gasteiger partial charge >= 0.3 is 5.97 Å². The summed E-state index contributed by atoms with van der Waals surface area (Å²) in [6.45, 7) is 1.74. The van der Waals surface area contributed by atoms with Crippen molar-refractivity contribution < 1.29 is 19.0 Å². The van der Waals surface area contributed by atoms with Gasteiger partial charge in [0.1, 0.15) is 17.2 Å². The molecular formula is C18H15FN2O4. The quantitative estimate of drug-likeness (QED) is 0.737. The molecule has 2 heterocycles. The zero-order valence-electron chi connectivity index (χ0n) is 13.4. The molecule has 0 amide bonds. The van der Waals surface area contributed by atoms with Crippen molar-refractivity contribution in [2.45, 2.75) is 13.5 Å². The van der Waals surface area contributed by atoms with Crippen molar-refractivity contribution in [1.29, 1.82) is 0 Å². The summed E-state index contributed by atoms with van der Waals surface area (Å²) in [6.07, 6.45) is 1.48. The average molecular weight is 342 g/mol. The lowest BCUT2D eigenvalue weighted by atomic mass is 10.1. The second kappa shape index (κ2) is 6.72. The van der Waals surface area contributed by atoms with Gasteiger partial charge in [0.25, 0.3) is 5.56 Å². The standard InChI is InChI=1S/C18H15FN2O4/c1-2-25-18(24)14-15(22)13-4-3-9-20-16(13)21(17(14)23)10-11-5-7-12(19)8-6-11/h3-9,22H,2,10H2,1H3. The Hall–Kier alpha value is -3.22. The smallest absolute Gasteiger partial charge is 0.347 e. The molecule has 1 N–H and O–H groups in total. The number of halogens is 1. The van der Waals surface area contributed by atoms with Crippen molar-refractivity contribution in [2.24, 2.45) is 0 Å². The van der Waals surface area contributed by atoms with Gasteiger partial charge in [0.15, 0.2) is 5.56 Å². The molecule has 0 aliphatic carbocycles. The molecule has 0 fully saturated rings. The van der Waals surface area contributed by atoms with Crippen LogP contribution in [-0.2, 0) is 11.3 Å². The maximum absolute atomic E-state index is 13.1. The van der Waals surface area contributed by atoms with Crippen LogP contribution in [0, 0.1) is 5.82 Å². The van der Waals surface area contributed by atoms with Gasteiger partial charge in [-0.05, 0) is 36.8 Å². The highest BCUT2D eigenvalue weighted by Crippen LogP contribution is 2.25. The number of hydrogen-bond acceptors (Lipinski definition) is 5. The first-order valence-electron chi connectivity index (χ1n) is 7.65. The van der Waals surface area contributed by atoms with E-state index in [1.165, 1.54) is 35.0 Å². The number of hydrogen-bond donors (Lipinski definition) is 1. The van der Waals surface area contributed by atoms with Crippen LogP contribution in [0.4, 0.5) is 4.39 Å². The second-order valence-corrected chi connectivity index (χ2v) is 5.34. The molecular weight excluding hydrogens is 327 g/mol. The number of esters is 1. The van der Waals surface area contributed by atoms with E-state index in [1.807, 2.05) is 0 Å². The zero-order valence-corrected chi connectivity index (χ0v) is 13.4. The van der Waals surface area contributed by atoms with Crippen molar-refractivity contribution in [1.82, 2.24) is 9.55 Å². The fraction of sp³-hybridized carbons (Fsp3) is 0.167. The van der Waals surface area contributed by atoms with E-state index in [2.05, 4.69) is 4.98 Å². The van der Waals surface area contributed by atoms with Crippen LogP contribution in [0.5, 0.6) is 5.75 Å². The summed E-state index contributed by atoms with van der Waals surface area (Å²) in [5, 5.41) is 10.6. The largest absolute Gasteiger partial charge is 0.506 e. The first-order valence-corrected chi connectivity index (χ1v) is 7.65. The number of pyridine rings is 2. The monoisotopic (exact) mass is 342 g/mol. The minimum absolute atomic E-state index is 0.0688. The molecule has 0 spiro atoms. The molecule has 1 aromatic carbocycles. The molecule has 0 unspecified atom stereocenters. The minimum Gasteiger partial charge on any atom is -0.506 e. The molecule has 3 aromatic rings. The summed E-state index contributed by atoms with van der Waals surface area (Å²) in [5.74, 6) is -1.75. The Balaban J connectivity index is 2.24. The van der Waals surface area contributed by atoms with Crippen LogP contribution in [0.2, 0.25) is 0 Å². The number of aromatic hydroxyl groups is 1. The first kappa shape index (κ1) is 16.6. The molecule has 2 aromatic heterocycles. The molecule has 128 valence electrons. The van der Waals surface area contributed by atoms with E-state index >= 15 is 0 Å². The van der Waals surface area contributed by atoms with E-state index in [0.717, 1.165) is 0 Å². The van der Waals surface area contributed by atoms with Crippen molar-refractivity contribution in [3.63, 3.8) is 0 Å². The van der Waals surface area contributed by atoms with Gasteiger partial charge in [0.05, 0.1) is 18.5 Å². The molecule has 0 atom stereocenters. The van der Waals surface area contributed by atoms with E-state index in [0.29, 0.717) is 5.56 Å². The normalized spacial score (nSPS) is 10.8. The summed E-state index contributed by atoms with van der Waals surface area (Å²) in [4.78, 5) is 29.0. The molecule has 0 saturated heterocycles. The lowest BCUT2D eigenvalue weighted by Gasteiger charge is -2.13. The topological polar surface area (TPSA) is 81.4 Å². The number of benzene rings is 1. The lowest BCUT2D eigenvalue weighted by molar-refractivity contribution is 0.0520. The Bertz CT molecular complexity index is 996. The molecule has 25 heavy (non-hydrogen) atoms. The molecule has 6 nitrogen and oxygen atoms in total. The van der Waals surface area contributed by atoms with E-state index < -0.39 is 28.7 Å². The molecule has 0 aliphatic rings. The number of carbonyl (C=O) groups is 1. The fourth-order valence-corrected chi connectivity index (χ4v) is 2.57. The number of ether oxygens (including phenoxy) is 1. The van der Waals surface area contributed by atoms with Gasteiger partial charge in [-0.1, -0.05) is 12.1 Å². The molecule has 0 bridgehead atoms. The molecule has 3 rings (SSSR count). The predicted molar refractivity (Wildman–Crippen MR) is 89.1 cm³/mol. The van der Waals surface area contributed by atoms with Gasteiger partial charge in [-0.25, -0.2) is 14.2 Å². The number of fused-ring (bicyclic) bond motifs is 1. The maximum Gasteiger partial charge on any atom is 0.347 e. The van der Waals surface area contributed by atoms with Gasteiger partial charge in [-0.3, -0.25) is 9.36 Å². The lowest BCUT2D eigenvalue weighted by Crippen LogP contribution is -2.29. The average Bonchev–Trinajstić information content (AvgIpc) is 2.60. The van der Waals surface area contributed by atoms with E-state index in [4.69, 9.17) is 4.74 Å². The highest BCUT2D eigenvalue weighted by atomic mass is 19.1. The van der Waals surface area contributed by atoms with Crippen LogP contribution in [0.25, 0.3) is 11.0 Å². The summed E-state index contributed by atoms with van der Waals surface area (Å²) >= 11 is 0. The molecule has 7 heteroatoms. The van der Waals surface area contributed by atoms with Crippen molar-refractivity contribution >= 4 is 17.0 Å². The number of nitrogens with zero attached hydrogens (tertiary/aromatic N) is 2. The van der Waals surface area contributed by atoms with Gasteiger partial charge in [-0.2, -0.15) is 0 Å². The molecule has 0 saturated carbocycles. The Morgan fingerprint density at radius 3 is 2.68 bits per heavy atom. The third-order valence-corrected chi connectivity index (χ3v) is 3.73. The predicted octanol–water partition coefficient (Wildman–Crippen LogP) is 2.47. The number of carbonyl (C=O) groups excluding carboxylic acids is 1.